The summed E-state index contributed by atoms with van der Waals surface area (Å²) in [5.41, 5.74) is 8.23. The Labute approximate surface area is 172 Å². The number of carbonyl (C=O) groups excluding carboxylic acids is 1. The summed E-state index contributed by atoms with van der Waals surface area (Å²) >= 11 is 1.57. The number of ether oxygens (including phenoxy) is 1. The van der Waals surface area contributed by atoms with Crippen LogP contribution in [-0.2, 0) is 0 Å². The summed E-state index contributed by atoms with van der Waals surface area (Å²) in [6, 6.07) is 13.0. The van der Waals surface area contributed by atoms with E-state index in [0.29, 0.717) is 6.04 Å². The molecule has 0 aliphatic heterocycles. The summed E-state index contributed by atoms with van der Waals surface area (Å²) in [7, 11) is 1.64. The SMILES string of the molecule is COc1ccc(N=c2scc(-c3ccc(O)c(C(N)=O)c3)n2C2CCCC2)cc1. The van der Waals surface area contributed by atoms with E-state index in [1.165, 1.54) is 18.9 Å². The monoisotopic (exact) mass is 409 g/mol. The average molecular weight is 410 g/mol. The number of thiazole rings is 1. The molecule has 29 heavy (non-hydrogen) atoms. The van der Waals surface area contributed by atoms with Gasteiger partial charge in [-0.25, -0.2) is 4.99 Å². The van der Waals surface area contributed by atoms with Gasteiger partial charge in [0.1, 0.15) is 11.5 Å². The number of primary amides is 1. The highest BCUT2D eigenvalue weighted by molar-refractivity contribution is 7.07. The van der Waals surface area contributed by atoms with Gasteiger partial charge >= 0.3 is 0 Å². The fourth-order valence-electron chi connectivity index (χ4n) is 3.79. The zero-order chi connectivity index (χ0) is 20.4. The maximum Gasteiger partial charge on any atom is 0.252 e. The quantitative estimate of drug-likeness (QED) is 0.655. The lowest BCUT2D eigenvalue weighted by atomic mass is 10.1. The minimum Gasteiger partial charge on any atom is -0.507 e. The Hall–Kier alpha value is -3.06. The van der Waals surface area contributed by atoms with Crippen molar-refractivity contribution in [3.8, 4) is 22.8 Å². The molecule has 0 bridgehead atoms. The largest absolute Gasteiger partial charge is 0.507 e. The van der Waals surface area contributed by atoms with Gasteiger partial charge in [0, 0.05) is 17.0 Å². The Morgan fingerprint density at radius 1 is 1.21 bits per heavy atom. The number of phenols is 1. The number of nitrogens with two attached hydrogens (primary N) is 1. The first-order valence-electron chi connectivity index (χ1n) is 9.59. The van der Waals surface area contributed by atoms with Crippen molar-refractivity contribution in [3.05, 3.63) is 58.2 Å². The summed E-state index contributed by atoms with van der Waals surface area (Å²) in [6.07, 6.45) is 4.58. The molecule has 0 spiro atoms. The number of hydrogen-bond acceptors (Lipinski definition) is 5. The molecule has 0 radical (unpaired) electrons. The summed E-state index contributed by atoms with van der Waals surface area (Å²) in [5, 5.41) is 12.0. The molecule has 6 nitrogen and oxygen atoms in total. The first-order chi connectivity index (χ1) is 14.1. The summed E-state index contributed by atoms with van der Waals surface area (Å²) in [5.74, 6) is 0.0461. The van der Waals surface area contributed by atoms with Gasteiger partial charge in [-0.1, -0.05) is 12.8 Å². The fourth-order valence-corrected chi connectivity index (χ4v) is 4.77. The lowest BCUT2D eigenvalue weighted by molar-refractivity contribution is 0.0998. The van der Waals surface area contributed by atoms with Gasteiger partial charge in [0.2, 0.25) is 0 Å². The summed E-state index contributed by atoms with van der Waals surface area (Å²) in [4.78, 5) is 17.4. The van der Waals surface area contributed by atoms with Crippen LogP contribution in [0.25, 0.3) is 11.3 Å². The van der Waals surface area contributed by atoms with Crippen molar-refractivity contribution in [2.45, 2.75) is 31.7 Å². The molecular weight excluding hydrogens is 386 g/mol. The highest BCUT2D eigenvalue weighted by Crippen LogP contribution is 2.34. The van der Waals surface area contributed by atoms with Crippen LogP contribution in [0.4, 0.5) is 5.69 Å². The van der Waals surface area contributed by atoms with Crippen LogP contribution in [-0.4, -0.2) is 22.7 Å². The van der Waals surface area contributed by atoms with E-state index in [0.717, 1.165) is 40.3 Å². The maximum atomic E-state index is 11.7. The molecule has 2 aromatic carbocycles. The molecule has 1 saturated carbocycles. The Bertz CT molecular complexity index is 1090. The minimum absolute atomic E-state index is 0.105. The number of carbonyl (C=O) groups is 1. The van der Waals surface area contributed by atoms with E-state index >= 15 is 0 Å². The van der Waals surface area contributed by atoms with E-state index in [1.807, 2.05) is 30.3 Å². The number of nitrogens with zero attached hydrogens (tertiary/aromatic N) is 2. The Morgan fingerprint density at radius 3 is 2.59 bits per heavy atom. The zero-order valence-electron chi connectivity index (χ0n) is 16.2. The number of aromatic hydroxyl groups is 1. The molecule has 1 amide bonds. The maximum absolute atomic E-state index is 11.7. The molecule has 7 heteroatoms. The van der Waals surface area contributed by atoms with Crippen molar-refractivity contribution < 1.29 is 14.6 Å². The second kappa shape index (κ2) is 8.13. The summed E-state index contributed by atoms with van der Waals surface area (Å²) in [6.45, 7) is 0. The van der Waals surface area contributed by atoms with Crippen molar-refractivity contribution >= 4 is 22.9 Å². The topological polar surface area (TPSA) is 89.8 Å². The van der Waals surface area contributed by atoms with E-state index in [-0.39, 0.29) is 11.3 Å². The average Bonchev–Trinajstić information content (AvgIpc) is 3.38. The smallest absolute Gasteiger partial charge is 0.252 e. The van der Waals surface area contributed by atoms with Crippen LogP contribution in [0.5, 0.6) is 11.5 Å². The normalized spacial score (nSPS) is 15.0. The third kappa shape index (κ3) is 3.91. The van der Waals surface area contributed by atoms with Gasteiger partial charge < -0.3 is 20.1 Å². The number of benzene rings is 2. The van der Waals surface area contributed by atoms with Crippen molar-refractivity contribution in [1.29, 1.82) is 0 Å². The third-order valence-electron chi connectivity index (χ3n) is 5.29. The van der Waals surface area contributed by atoms with E-state index in [2.05, 4.69) is 9.95 Å². The zero-order valence-corrected chi connectivity index (χ0v) is 17.0. The van der Waals surface area contributed by atoms with Crippen molar-refractivity contribution in [3.63, 3.8) is 0 Å². The van der Waals surface area contributed by atoms with Crippen LogP contribution in [0.15, 0.2) is 52.8 Å². The van der Waals surface area contributed by atoms with E-state index in [4.69, 9.17) is 15.5 Å². The molecule has 3 N–H and O–H groups in total. The molecule has 0 atom stereocenters. The van der Waals surface area contributed by atoms with Crippen LogP contribution >= 0.6 is 11.3 Å². The van der Waals surface area contributed by atoms with E-state index in [9.17, 15) is 9.90 Å². The predicted molar refractivity (Wildman–Crippen MR) is 114 cm³/mol. The van der Waals surface area contributed by atoms with E-state index < -0.39 is 5.91 Å². The van der Waals surface area contributed by atoms with Crippen molar-refractivity contribution in [1.82, 2.24) is 4.57 Å². The molecular formula is C22H23N3O3S. The molecule has 1 aliphatic carbocycles. The Balaban J connectivity index is 1.84. The molecule has 1 aliphatic rings. The molecule has 1 fully saturated rings. The molecule has 150 valence electrons. The van der Waals surface area contributed by atoms with Crippen molar-refractivity contribution in [2.75, 3.05) is 7.11 Å². The van der Waals surface area contributed by atoms with Crippen LogP contribution in [0, 0.1) is 0 Å². The van der Waals surface area contributed by atoms with Crippen LogP contribution < -0.4 is 15.3 Å². The molecule has 3 aromatic rings. The van der Waals surface area contributed by atoms with Crippen molar-refractivity contribution in [2.24, 2.45) is 10.7 Å². The molecule has 0 unspecified atom stereocenters. The number of hydrogen-bond donors (Lipinski definition) is 2. The van der Waals surface area contributed by atoms with Gasteiger partial charge in [-0.15, -0.1) is 11.3 Å². The first-order valence-corrected chi connectivity index (χ1v) is 10.5. The standard InChI is InChI=1S/C22H23N3O3S/c1-28-17-9-7-15(8-10-17)24-22-25(16-4-2-3-5-16)19(13-29-22)14-6-11-20(26)18(12-14)21(23)27/h6-13,16,26H,2-5H2,1H3,(H2,23,27). The van der Waals surface area contributed by atoms with Gasteiger partial charge in [0.15, 0.2) is 4.80 Å². The molecule has 1 aromatic heterocycles. The number of methoxy groups -OCH3 is 1. The van der Waals surface area contributed by atoms with Gasteiger partial charge in [0.25, 0.3) is 5.91 Å². The van der Waals surface area contributed by atoms with Crippen LogP contribution in [0.3, 0.4) is 0 Å². The number of aromatic nitrogens is 1. The van der Waals surface area contributed by atoms with Crippen LogP contribution in [0.2, 0.25) is 0 Å². The Morgan fingerprint density at radius 2 is 1.93 bits per heavy atom. The Kier molecular flexibility index (Phi) is 5.40. The molecule has 0 saturated heterocycles. The lowest BCUT2D eigenvalue weighted by Crippen LogP contribution is -2.20. The second-order valence-corrected chi connectivity index (χ2v) is 7.95. The van der Waals surface area contributed by atoms with Gasteiger partial charge in [-0.05, 0) is 55.3 Å². The van der Waals surface area contributed by atoms with Gasteiger partial charge in [0.05, 0.1) is 24.1 Å². The predicted octanol–water partition coefficient (Wildman–Crippen LogP) is 4.38. The number of rotatable bonds is 5. The molecule has 4 rings (SSSR count). The highest BCUT2D eigenvalue weighted by atomic mass is 32.1. The third-order valence-corrected chi connectivity index (χ3v) is 6.13. The highest BCUT2D eigenvalue weighted by Gasteiger charge is 2.22. The van der Waals surface area contributed by atoms with Crippen LogP contribution in [0.1, 0.15) is 42.1 Å². The second-order valence-electron chi connectivity index (χ2n) is 7.12. The van der Waals surface area contributed by atoms with Gasteiger partial charge in [-0.2, -0.15) is 0 Å². The first kappa shape index (κ1) is 19.3. The van der Waals surface area contributed by atoms with E-state index in [1.54, 1.807) is 24.5 Å². The number of amides is 1. The van der Waals surface area contributed by atoms with Gasteiger partial charge in [-0.3, -0.25) is 4.79 Å². The fraction of sp³-hybridized carbons (Fsp3) is 0.273. The summed E-state index contributed by atoms with van der Waals surface area (Å²) < 4.78 is 7.49. The molecule has 1 heterocycles. The lowest BCUT2D eigenvalue weighted by Gasteiger charge is -2.16. The minimum atomic E-state index is -0.643.